The lowest BCUT2D eigenvalue weighted by Gasteiger charge is -2.41. The largest absolute Gasteiger partial charge is 0.370 e. The fourth-order valence-corrected chi connectivity index (χ4v) is 5.22. The number of rotatable bonds is 10. The molecule has 1 saturated heterocycles. The van der Waals surface area contributed by atoms with Crippen LogP contribution >= 0.6 is 22.9 Å². The number of halogens is 4. The predicted octanol–water partition coefficient (Wildman–Crippen LogP) is 3.76. The molecule has 0 unspecified atom stereocenters. The average Bonchev–Trinajstić information content (AvgIpc) is 3.25. The molecule has 1 aromatic carbocycles. The van der Waals surface area contributed by atoms with E-state index in [0.717, 1.165) is 23.8 Å². The molecular formula is C24H26ClF3N4O4S. The maximum absolute atomic E-state index is 14.9. The van der Waals surface area contributed by atoms with Crippen LogP contribution in [0.4, 0.5) is 24.5 Å². The SMILES string of the molecule is O=C(NC[C@H](C(=O)Nc1ccc(N2CCOCC2=O)cc1F)N(CC(F)F)C1CCC1)c1ccc(Cl)s1. The molecule has 200 valence electrons. The van der Waals surface area contributed by atoms with Gasteiger partial charge < -0.3 is 20.3 Å². The van der Waals surface area contributed by atoms with Crippen LogP contribution in [0.25, 0.3) is 0 Å². The van der Waals surface area contributed by atoms with E-state index in [-0.39, 0.29) is 37.3 Å². The van der Waals surface area contributed by atoms with E-state index < -0.39 is 36.6 Å². The minimum Gasteiger partial charge on any atom is -0.370 e. The summed E-state index contributed by atoms with van der Waals surface area (Å²) in [5.41, 5.74) is 0.150. The zero-order valence-electron chi connectivity index (χ0n) is 19.7. The highest BCUT2D eigenvalue weighted by atomic mass is 35.5. The third kappa shape index (κ3) is 6.81. The molecule has 1 aromatic heterocycles. The van der Waals surface area contributed by atoms with E-state index in [1.807, 2.05) is 0 Å². The Morgan fingerprint density at radius 1 is 1.24 bits per heavy atom. The number of morpholine rings is 1. The van der Waals surface area contributed by atoms with E-state index in [2.05, 4.69) is 10.6 Å². The number of amides is 3. The predicted molar refractivity (Wildman–Crippen MR) is 134 cm³/mol. The first kappa shape index (κ1) is 27.4. The molecule has 0 bridgehead atoms. The number of carbonyl (C=O) groups excluding carboxylic acids is 3. The summed E-state index contributed by atoms with van der Waals surface area (Å²) in [5.74, 6) is -2.32. The fraction of sp³-hybridized carbons (Fsp3) is 0.458. The Bertz CT molecular complexity index is 1150. The molecule has 2 aliphatic rings. The Morgan fingerprint density at radius 3 is 2.62 bits per heavy atom. The summed E-state index contributed by atoms with van der Waals surface area (Å²) in [6, 6.07) is 5.59. The Morgan fingerprint density at radius 2 is 2.03 bits per heavy atom. The van der Waals surface area contributed by atoms with Gasteiger partial charge in [-0.05, 0) is 43.2 Å². The molecule has 1 atom stereocenters. The van der Waals surface area contributed by atoms with Crippen LogP contribution in [0.1, 0.15) is 28.9 Å². The second-order valence-corrected chi connectivity index (χ2v) is 10.5. The lowest BCUT2D eigenvalue weighted by Crippen LogP contribution is -2.57. The second-order valence-electron chi connectivity index (χ2n) is 8.75. The van der Waals surface area contributed by atoms with Crippen molar-refractivity contribution in [1.29, 1.82) is 0 Å². The van der Waals surface area contributed by atoms with Crippen LogP contribution in [-0.2, 0) is 14.3 Å². The van der Waals surface area contributed by atoms with Gasteiger partial charge in [0.25, 0.3) is 18.2 Å². The highest BCUT2D eigenvalue weighted by molar-refractivity contribution is 7.18. The highest BCUT2D eigenvalue weighted by Gasteiger charge is 2.36. The zero-order chi connectivity index (χ0) is 26.5. The monoisotopic (exact) mass is 558 g/mol. The van der Waals surface area contributed by atoms with Gasteiger partial charge in [0, 0.05) is 24.8 Å². The fourth-order valence-electron chi connectivity index (χ4n) is 4.26. The Labute approximate surface area is 220 Å². The number of hydrogen-bond acceptors (Lipinski definition) is 6. The van der Waals surface area contributed by atoms with E-state index in [0.29, 0.717) is 34.3 Å². The van der Waals surface area contributed by atoms with Crippen LogP contribution < -0.4 is 15.5 Å². The number of nitrogens with zero attached hydrogens (tertiary/aromatic N) is 2. The molecular weight excluding hydrogens is 533 g/mol. The van der Waals surface area contributed by atoms with Crippen LogP contribution in [0, 0.1) is 5.82 Å². The van der Waals surface area contributed by atoms with Crippen LogP contribution in [0.2, 0.25) is 4.34 Å². The molecule has 2 aromatic rings. The lowest BCUT2D eigenvalue weighted by atomic mass is 9.90. The Hall–Kier alpha value is -2.67. The van der Waals surface area contributed by atoms with Gasteiger partial charge in [-0.25, -0.2) is 13.2 Å². The molecule has 3 amide bonds. The van der Waals surface area contributed by atoms with E-state index >= 15 is 0 Å². The van der Waals surface area contributed by atoms with Crippen molar-refractivity contribution in [3.8, 4) is 0 Å². The lowest BCUT2D eigenvalue weighted by molar-refractivity contribution is -0.126. The third-order valence-corrected chi connectivity index (χ3v) is 7.59. The van der Waals surface area contributed by atoms with Crippen LogP contribution in [0.5, 0.6) is 0 Å². The number of benzene rings is 1. The first-order valence-electron chi connectivity index (χ1n) is 11.8. The number of ether oxygens (including phenoxy) is 1. The van der Waals surface area contributed by atoms with E-state index in [9.17, 15) is 27.6 Å². The number of nitrogens with one attached hydrogen (secondary N) is 2. The number of thiophene rings is 1. The second kappa shape index (κ2) is 12.2. The molecule has 4 rings (SSSR count). The molecule has 2 heterocycles. The standard InChI is InChI=1S/C24H26ClF3N4O4S/c25-20-7-6-19(37-20)24(35)29-11-18(32(12-21(27)28)14-2-1-3-14)23(34)30-17-5-4-15(10-16(17)26)31-8-9-36-13-22(31)33/h4-7,10,14,18,21H,1-3,8-9,11-13H2,(H,29,35)(H,30,34)/t18-/m1/s1. The minimum absolute atomic E-state index is 0.105. The first-order valence-corrected chi connectivity index (χ1v) is 13.0. The minimum atomic E-state index is -2.70. The van der Waals surface area contributed by atoms with Crippen molar-refractivity contribution in [2.45, 2.75) is 37.8 Å². The summed E-state index contributed by atoms with van der Waals surface area (Å²) >= 11 is 6.94. The topological polar surface area (TPSA) is 91.0 Å². The Kier molecular flexibility index (Phi) is 9.06. The van der Waals surface area contributed by atoms with Gasteiger partial charge in [0.2, 0.25) is 5.91 Å². The van der Waals surface area contributed by atoms with Crippen molar-refractivity contribution >= 4 is 52.0 Å². The van der Waals surface area contributed by atoms with Gasteiger partial charge in [0.05, 0.1) is 28.1 Å². The van der Waals surface area contributed by atoms with Gasteiger partial charge in [-0.3, -0.25) is 19.3 Å². The Balaban J connectivity index is 1.51. The molecule has 1 aliphatic carbocycles. The van der Waals surface area contributed by atoms with Crippen molar-refractivity contribution < 1.29 is 32.3 Å². The van der Waals surface area contributed by atoms with Crippen molar-refractivity contribution in [2.75, 3.05) is 43.1 Å². The van der Waals surface area contributed by atoms with Crippen molar-refractivity contribution in [3.05, 3.63) is 45.4 Å². The quantitative estimate of drug-likeness (QED) is 0.463. The highest BCUT2D eigenvalue weighted by Crippen LogP contribution is 2.29. The third-order valence-electron chi connectivity index (χ3n) is 6.36. The van der Waals surface area contributed by atoms with E-state index in [4.69, 9.17) is 16.3 Å². The van der Waals surface area contributed by atoms with Crippen molar-refractivity contribution in [2.24, 2.45) is 0 Å². The molecule has 1 aliphatic heterocycles. The molecule has 8 nitrogen and oxygen atoms in total. The summed E-state index contributed by atoms with van der Waals surface area (Å²) < 4.78 is 47.4. The molecule has 2 fully saturated rings. The molecule has 0 spiro atoms. The summed E-state index contributed by atoms with van der Waals surface area (Å²) in [4.78, 5) is 41.0. The maximum atomic E-state index is 14.9. The van der Waals surface area contributed by atoms with Gasteiger partial charge in [0.15, 0.2) is 0 Å². The first-order chi connectivity index (χ1) is 17.7. The van der Waals surface area contributed by atoms with E-state index in [1.165, 1.54) is 28.0 Å². The zero-order valence-corrected chi connectivity index (χ0v) is 21.3. The van der Waals surface area contributed by atoms with E-state index in [1.54, 1.807) is 6.07 Å². The molecule has 1 saturated carbocycles. The van der Waals surface area contributed by atoms with Gasteiger partial charge in [-0.1, -0.05) is 18.0 Å². The number of alkyl halides is 2. The number of anilines is 2. The smallest absolute Gasteiger partial charge is 0.261 e. The van der Waals surface area contributed by atoms with Gasteiger partial charge in [-0.2, -0.15) is 0 Å². The van der Waals surface area contributed by atoms with Crippen LogP contribution in [0.3, 0.4) is 0 Å². The van der Waals surface area contributed by atoms with Crippen LogP contribution in [-0.4, -0.2) is 74.0 Å². The normalized spacial score (nSPS) is 17.1. The molecule has 2 N–H and O–H groups in total. The molecule has 37 heavy (non-hydrogen) atoms. The summed E-state index contributed by atoms with van der Waals surface area (Å²) in [7, 11) is 0. The van der Waals surface area contributed by atoms with Crippen molar-refractivity contribution in [1.82, 2.24) is 10.2 Å². The molecule has 0 radical (unpaired) electrons. The number of hydrogen-bond donors (Lipinski definition) is 2. The van der Waals surface area contributed by atoms with Gasteiger partial charge in [0.1, 0.15) is 18.5 Å². The average molecular weight is 559 g/mol. The van der Waals surface area contributed by atoms with Crippen LogP contribution in [0.15, 0.2) is 30.3 Å². The van der Waals surface area contributed by atoms with Gasteiger partial charge >= 0.3 is 0 Å². The van der Waals surface area contributed by atoms with Crippen molar-refractivity contribution in [3.63, 3.8) is 0 Å². The number of carbonyl (C=O) groups is 3. The molecule has 13 heteroatoms. The summed E-state index contributed by atoms with van der Waals surface area (Å²) in [6.07, 6.45) is -0.581. The summed E-state index contributed by atoms with van der Waals surface area (Å²) in [6.45, 7) is -0.440. The summed E-state index contributed by atoms with van der Waals surface area (Å²) in [5, 5.41) is 5.10. The van der Waals surface area contributed by atoms with Gasteiger partial charge in [-0.15, -0.1) is 11.3 Å². The maximum Gasteiger partial charge on any atom is 0.261 e.